The standard InChI is InChI=1S/C26H31N3O7/c1-17(30)24(26(33)29-34)28-25(32)20-10-6-18(7-11-20)4-2-3-5-19-8-12-22(13-9-19)35-15-21-16-36-23(31)14-27-21/h6-14,16-17,24,27,30-31,34H,2-5,15H2,1H3,(H,28,32)(H,29,33)/t17-,24+/m1/s1. The topological polar surface area (TPSA) is 149 Å². The van der Waals surface area contributed by atoms with Gasteiger partial charge in [-0.05, 0) is 68.0 Å². The van der Waals surface area contributed by atoms with Crippen LogP contribution in [-0.4, -0.2) is 46.0 Å². The maximum atomic E-state index is 12.4. The highest BCUT2D eigenvalue weighted by atomic mass is 16.6. The van der Waals surface area contributed by atoms with Crippen LogP contribution in [0.15, 0.2) is 72.6 Å². The third-order valence-corrected chi connectivity index (χ3v) is 5.58. The maximum Gasteiger partial charge on any atom is 0.298 e. The first-order valence-electron chi connectivity index (χ1n) is 11.6. The van der Waals surface area contributed by atoms with Crippen LogP contribution >= 0.6 is 0 Å². The lowest BCUT2D eigenvalue weighted by Gasteiger charge is -2.19. The molecule has 10 heteroatoms. The number of hydrogen-bond donors (Lipinski definition) is 6. The van der Waals surface area contributed by atoms with Gasteiger partial charge in [-0.15, -0.1) is 0 Å². The smallest absolute Gasteiger partial charge is 0.298 e. The number of amides is 2. The van der Waals surface area contributed by atoms with Crippen molar-refractivity contribution < 1.29 is 34.5 Å². The summed E-state index contributed by atoms with van der Waals surface area (Å²) < 4.78 is 10.6. The molecule has 3 rings (SSSR count). The number of benzene rings is 2. The minimum Gasteiger partial charge on any atom is -0.487 e. The zero-order valence-electron chi connectivity index (χ0n) is 19.9. The number of aliphatic hydroxyl groups is 2. The first-order valence-corrected chi connectivity index (χ1v) is 11.6. The Kier molecular flexibility index (Phi) is 9.73. The molecule has 192 valence electrons. The van der Waals surface area contributed by atoms with E-state index in [2.05, 4.69) is 10.6 Å². The molecule has 0 saturated heterocycles. The lowest BCUT2D eigenvalue weighted by atomic mass is 10.0. The van der Waals surface area contributed by atoms with E-state index in [1.165, 1.54) is 30.4 Å². The van der Waals surface area contributed by atoms with Crippen molar-refractivity contribution in [3.05, 3.63) is 89.3 Å². The lowest BCUT2D eigenvalue weighted by molar-refractivity contribution is -0.133. The van der Waals surface area contributed by atoms with Crippen molar-refractivity contribution in [3.63, 3.8) is 0 Å². The Bertz CT molecular complexity index is 1080. The Hall–Kier alpha value is -4.02. The summed E-state index contributed by atoms with van der Waals surface area (Å²) in [6.45, 7) is 1.64. The summed E-state index contributed by atoms with van der Waals surface area (Å²) in [5.74, 6) is -0.858. The molecule has 0 aliphatic carbocycles. The highest BCUT2D eigenvalue weighted by Gasteiger charge is 2.25. The largest absolute Gasteiger partial charge is 0.487 e. The monoisotopic (exact) mass is 497 g/mol. The van der Waals surface area contributed by atoms with Gasteiger partial charge >= 0.3 is 0 Å². The van der Waals surface area contributed by atoms with E-state index >= 15 is 0 Å². The number of rotatable bonds is 12. The van der Waals surface area contributed by atoms with E-state index in [4.69, 9.17) is 19.8 Å². The Balaban J connectivity index is 1.38. The van der Waals surface area contributed by atoms with E-state index in [1.807, 2.05) is 36.4 Å². The number of carbonyl (C=O) groups excluding carboxylic acids is 2. The lowest BCUT2D eigenvalue weighted by Crippen LogP contribution is -2.51. The number of hydrogen-bond acceptors (Lipinski definition) is 8. The van der Waals surface area contributed by atoms with Crippen molar-refractivity contribution in [2.24, 2.45) is 0 Å². The first-order chi connectivity index (χ1) is 17.4. The summed E-state index contributed by atoms with van der Waals surface area (Å²) in [6.07, 6.45) is 5.36. The fourth-order valence-corrected chi connectivity index (χ4v) is 3.52. The van der Waals surface area contributed by atoms with Crippen molar-refractivity contribution in [2.45, 2.75) is 44.8 Å². The summed E-state index contributed by atoms with van der Waals surface area (Å²) in [5.41, 5.74) is 4.79. The maximum absolute atomic E-state index is 12.4. The van der Waals surface area contributed by atoms with Crippen LogP contribution in [0.3, 0.4) is 0 Å². The fraction of sp³-hybridized carbons (Fsp3) is 0.308. The van der Waals surface area contributed by atoms with Gasteiger partial charge in [0.15, 0.2) is 0 Å². The molecule has 1 aliphatic heterocycles. The molecule has 10 nitrogen and oxygen atoms in total. The molecule has 2 amide bonds. The fourth-order valence-electron chi connectivity index (χ4n) is 3.52. The normalized spacial score (nSPS) is 14.3. The van der Waals surface area contributed by atoms with E-state index in [0.29, 0.717) is 17.9 Å². The highest BCUT2D eigenvalue weighted by Crippen LogP contribution is 2.16. The second kappa shape index (κ2) is 13.2. The van der Waals surface area contributed by atoms with Gasteiger partial charge in [-0.25, -0.2) is 5.48 Å². The molecule has 2 aromatic carbocycles. The molecule has 0 bridgehead atoms. The van der Waals surface area contributed by atoms with Crippen molar-refractivity contribution in [1.82, 2.24) is 16.1 Å². The number of nitrogens with one attached hydrogen (secondary N) is 3. The van der Waals surface area contributed by atoms with E-state index < -0.39 is 24.0 Å². The molecular weight excluding hydrogens is 466 g/mol. The predicted octanol–water partition coefficient (Wildman–Crippen LogP) is 2.43. The molecule has 36 heavy (non-hydrogen) atoms. The van der Waals surface area contributed by atoms with Gasteiger partial charge in [0.2, 0.25) is 0 Å². The number of aliphatic hydroxyl groups excluding tert-OH is 2. The van der Waals surface area contributed by atoms with Crippen LogP contribution in [0, 0.1) is 0 Å². The van der Waals surface area contributed by atoms with Crippen molar-refractivity contribution in [1.29, 1.82) is 0 Å². The molecule has 0 fully saturated rings. The molecule has 6 N–H and O–H groups in total. The van der Waals surface area contributed by atoms with E-state index in [-0.39, 0.29) is 5.95 Å². The van der Waals surface area contributed by atoms with Crippen LogP contribution in [0.5, 0.6) is 5.75 Å². The third-order valence-electron chi connectivity index (χ3n) is 5.58. The Morgan fingerprint density at radius 3 is 2.17 bits per heavy atom. The predicted molar refractivity (Wildman–Crippen MR) is 131 cm³/mol. The van der Waals surface area contributed by atoms with Gasteiger partial charge < -0.3 is 30.3 Å². The summed E-state index contributed by atoms with van der Waals surface area (Å²) in [6, 6.07) is 13.7. The van der Waals surface area contributed by atoms with Crippen molar-refractivity contribution in [3.8, 4) is 5.75 Å². The van der Waals surface area contributed by atoms with Gasteiger partial charge in [0.1, 0.15) is 24.7 Å². The van der Waals surface area contributed by atoms with Crippen LogP contribution in [0.1, 0.15) is 41.3 Å². The number of carbonyl (C=O) groups is 2. The number of hydroxylamine groups is 1. The van der Waals surface area contributed by atoms with E-state index in [9.17, 15) is 14.7 Å². The zero-order valence-corrected chi connectivity index (χ0v) is 19.9. The second-order valence-electron chi connectivity index (χ2n) is 8.39. The van der Waals surface area contributed by atoms with E-state index in [0.717, 1.165) is 37.0 Å². The molecule has 1 heterocycles. The van der Waals surface area contributed by atoms with E-state index in [1.54, 1.807) is 12.1 Å². The molecule has 0 unspecified atom stereocenters. The van der Waals surface area contributed by atoms with Crippen molar-refractivity contribution in [2.75, 3.05) is 6.61 Å². The second-order valence-corrected chi connectivity index (χ2v) is 8.39. The minimum atomic E-state index is -1.25. The molecule has 1 aliphatic rings. The summed E-state index contributed by atoms with van der Waals surface area (Å²) >= 11 is 0. The molecule has 2 atom stereocenters. The molecule has 2 aromatic rings. The van der Waals surface area contributed by atoms with Gasteiger partial charge in [-0.2, -0.15) is 0 Å². The van der Waals surface area contributed by atoms with Crippen LogP contribution in [0.4, 0.5) is 0 Å². The highest BCUT2D eigenvalue weighted by molar-refractivity contribution is 5.97. The zero-order chi connectivity index (χ0) is 25.9. The summed E-state index contributed by atoms with van der Waals surface area (Å²) in [5, 5.41) is 32.8. The number of unbranched alkanes of at least 4 members (excludes halogenated alkanes) is 1. The Morgan fingerprint density at radius 2 is 1.64 bits per heavy atom. The Morgan fingerprint density at radius 1 is 1.03 bits per heavy atom. The van der Waals surface area contributed by atoms with Crippen LogP contribution < -0.4 is 20.9 Å². The minimum absolute atomic E-state index is 0.193. The van der Waals surface area contributed by atoms with Gasteiger partial charge in [0.25, 0.3) is 17.8 Å². The summed E-state index contributed by atoms with van der Waals surface area (Å²) in [4.78, 5) is 23.9. The third kappa shape index (κ3) is 8.03. The number of aryl methyl sites for hydroxylation is 2. The van der Waals surface area contributed by atoms with Crippen molar-refractivity contribution >= 4 is 11.8 Å². The quantitative estimate of drug-likeness (QED) is 0.149. The van der Waals surface area contributed by atoms with Gasteiger partial charge in [0.05, 0.1) is 18.0 Å². The average Bonchev–Trinajstić information content (AvgIpc) is 2.89. The number of ether oxygens (including phenoxy) is 2. The van der Waals surface area contributed by atoms with Gasteiger partial charge in [0, 0.05) is 5.56 Å². The summed E-state index contributed by atoms with van der Waals surface area (Å²) in [7, 11) is 0. The van der Waals surface area contributed by atoms with Crippen LogP contribution in [0.2, 0.25) is 0 Å². The Labute approximate surface area is 209 Å². The molecule has 0 saturated carbocycles. The average molecular weight is 498 g/mol. The SMILES string of the molecule is C[C@@H](O)[C@H](NC(=O)c1ccc(CCCCc2ccc(OCC3=COC(O)=CN3)cc2)cc1)C(=O)NO. The first kappa shape index (κ1) is 26.6. The van der Waals surface area contributed by atoms with Gasteiger partial charge in [-0.1, -0.05) is 24.3 Å². The molecular formula is C26H31N3O7. The van der Waals surface area contributed by atoms with Crippen LogP contribution in [-0.2, 0) is 22.4 Å². The molecule has 0 radical (unpaired) electrons. The van der Waals surface area contributed by atoms with Crippen LogP contribution in [0.25, 0.3) is 0 Å². The van der Waals surface area contributed by atoms with Gasteiger partial charge in [-0.3, -0.25) is 14.8 Å². The molecule has 0 spiro atoms. The molecule has 0 aromatic heterocycles.